The second kappa shape index (κ2) is 5.32. The van der Waals surface area contributed by atoms with Gasteiger partial charge >= 0.3 is 0 Å². The SMILES string of the molecule is CC(Oc1ccc2c(c1)Oc1ccccc1S2)C(F)F. The van der Waals surface area contributed by atoms with Gasteiger partial charge in [0.1, 0.15) is 17.2 Å². The Balaban J connectivity index is 1.85. The average molecular weight is 294 g/mol. The molecule has 0 saturated carbocycles. The van der Waals surface area contributed by atoms with Gasteiger partial charge in [-0.2, -0.15) is 0 Å². The summed E-state index contributed by atoms with van der Waals surface area (Å²) in [7, 11) is 0. The van der Waals surface area contributed by atoms with Crippen LogP contribution in [-0.4, -0.2) is 12.5 Å². The van der Waals surface area contributed by atoms with Gasteiger partial charge < -0.3 is 9.47 Å². The van der Waals surface area contributed by atoms with E-state index in [1.807, 2.05) is 30.3 Å². The first-order valence-electron chi connectivity index (χ1n) is 6.17. The van der Waals surface area contributed by atoms with Crippen LogP contribution in [0.15, 0.2) is 52.3 Å². The Morgan fingerprint density at radius 1 is 1.05 bits per heavy atom. The average Bonchev–Trinajstić information content (AvgIpc) is 2.45. The van der Waals surface area contributed by atoms with Gasteiger partial charge in [0.25, 0.3) is 6.43 Å². The van der Waals surface area contributed by atoms with E-state index in [1.54, 1.807) is 23.9 Å². The van der Waals surface area contributed by atoms with Gasteiger partial charge in [-0.15, -0.1) is 0 Å². The van der Waals surface area contributed by atoms with Gasteiger partial charge in [0, 0.05) is 6.07 Å². The summed E-state index contributed by atoms with van der Waals surface area (Å²) in [5.74, 6) is 1.79. The number of fused-ring (bicyclic) bond motifs is 2. The van der Waals surface area contributed by atoms with Crippen molar-refractivity contribution in [3.05, 3.63) is 42.5 Å². The lowest BCUT2D eigenvalue weighted by atomic mass is 10.3. The Labute approximate surface area is 119 Å². The third kappa shape index (κ3) is 2.58. The maximum atomic E-state index is 12.5. The monoisotopic (exact) mass is 294 g/mol. The lowest BCUT2D eigenvalue weighted by Gasteiger charge is -2.21. The maximum absolute atomic E-state index is 12.5. The van der Waals surface area contributed by atoms with Gasteiger partial charge in [0.15, 0.2) is 6.10 Å². The van der Waals surface area contributed by atoms with E-state index in [2.05, 4.69) is 0 Å². The zero-order valence-electron chi connectivity index (χ0n) is 10.7. The number of rotatable bonds is 3. The minimum Gasteiger partial charge on any atom is -0.485 e. The molecule has 1 atom stereocenters. The Morgan fingerprint density at radius 2 is 1.80 bits per heavy atom. The van der Waals surface area contributed by atoms with Crippen LogP contribution in [0.25, 0.3) is 0 Å². The van der Waals surface area contributed by atoms with Crippen LogP contribution in [0.3, 0.4) is 0 Å². The van der Waals surface area contributed by atoms with E-state index < -0.39 is 12.5 Å². The van der Waals surface area contributed by atoms with Crippen LogP contribution in [0.2, 0.25) is 0 Å². The molecule has 5 heteroatoms. The molecule has 0 amide bonds. The van der Waals surface area contributed by atoms with Crippen molar-refractivity contribution in [1.29, 1.82) is 0 Å². The number of hydrogen-bond donors (Lipinski definition) is 0. The standard InChI is InChI=1S/C15H12F2O2S/c1-9(15(16)17)18-10-6-7-14-12(8-10)19-11-4-2-3-5-13(11)20-14/h2-9,15H,1H3. The first kappa shape index (κ1) is 13.2. The van der Waals surface area contributed by atoms with Crippen molar-refractivity contribution < 1.29 is 18.3 Å². The summed E-state index contributed by atoms with van der Waals surface area (Å²) < 4.78 is 35.9. The van der Waals surface area contributed by atoms with Gasteiger partial charge in [-0.25, -0.2) is 8.78 Å². The van der Waals surface area contributed by atoms with Crippen molar-refractivity contribution in [2.24, 2.45) is 0 Å². The minimum absolute atomic E-state index is 0.386. The summed E-state index contributed by atoms with van der Waals surface area (Å²) in [4.78, 5) is 1.98. The Morgan fingerprint density at radius 3 is 2.60 bits per heavy atom. The molecule has 0 N–H and O–H groups in total. The molecule has 104 valence electrons. The summed E-state index contributed by atoms with van der Waals surface area (Å²) in [6.07, 6.45) is -3.65. The van der Waals surface area contributed by atoms with E-state index in [9.17, 15) is 8.78 Å². The lowest BCUT2D eigenvalue weighted by molar-refractivity contribution is 0.0225. The highest BCUT2D eigenvalue weighted by Crippen LogP contribution is 2.47. The zero-order chi connectivity index (χ0) is 14.1. The summed E-state index contributed by atoms with van der Waals surface area (Å²) in [6, 6.07) is 12.8. The number of ether oxygens (including phenoxy) is 2. The molecule has 0 radical (unpaired) electrons. The molecule has 0 aromatic heterocycles. The fourth-order valence-electron chi connectivity index (χ4n) is 1.85. The molecule has 2 aromatic carbocycles. The molecule has 20 heavy (non-hydrogen) atoms. The molecular formula is C15H12F2O2S. The fraction of sp³-hybridized carbons (Fsp3) is 0.200. The van der Waals surface area contributed by atoms with Crippen LogP contribution >= 0.6 is 11.8 Å². The van der Waals surface area contributed by atoms with Crippen LogP contribution < -0.4 is 9.47 Å². The van der Waals surface area contributed by atoms with Gasteiger partial charge in [-0.05, 0) is 31.2 Å². The molecule has 0 saturated heterocycles. The number of hydrogen-bond acceptors (Lipinski definition) is 3. The summed E-state index contributed by atoms with van der Waals surface area (Å²) in [5, 5.41) is 0. The smallest absolute Gasteiger partial charge is 0.274 e. The topological polar surface area (TPSA) is 18.5 Å². The van der Waals surface area contributed by atoms with Crippen molar-refractivity contribution in [2.45, 2.75) is 29.2 Å². The summed E-state index contributed by atoms with van der Waals surface area (Å²) >= 11 is 1.59. The summed E-state index contributed by atoms with van der Waals surface area (Å²) in [6.45, 7) is 1.34. The quantitative estimate of drug-likeness (QED) is 0.679. The van der Waals surface area contributed by atoms with E-state index >= 15 is 0 Å². The van der Waals surface area contributed by atoms with Gasteiger partial charge in [-0.3, -0.25) is 0 Å². The first-order valence-corrected chi connectivity index (χ1v) is 6.99. The first-order chi connectivity index (χ1) is 9.63. The van der Waals surface area contributed by atoms with Crippen LogP contribution in [0.4, 0.5) is 8.78 Å². The van der Waals surface area contributed by atoms with E-state index in [0.717, 1.165) is 15.5 Å². The molecule has 2 nitrogen and oxygen atoms in total. The zero-order valence-corrected chi connectivity index (χ0v) is 11.5. The molecule has 3 rings (SSSR count). The van der Waals surface area contributed by atoms with Crippen LogP contribution in [0.5, 0.6) is 17.2 Å². The second-order valence-corrected chi connectivity index (χ2v) is 5.50. The van der Waals surface area contributed by atoms with Crippen LogP contribution in [0, 0.1) is 0 Å². The molecule has 0 bridgehead atoms. The molecular weight excluding hydrogens is 282 g/mol. The van der Waals surface area contributed by atoms with Crippen LogP contribution in [0.1, 0.15) is 6.92 Å². The van der Waals surface area contributed by atoms with Gasteiger partial charge in [0.05, 0.1) is 9.79 Å². The van der Waals surface area contributed by atoms with Crippen molar-refractivity contribution in [1.82, 2.24) is 0 Å². The third-order valence-electron chi connectivity index (χ3n) is 2.88. The molecule has 2 aromatic rings. The largest absolute Gasteiger partial charge is 0.485 e. The number of para-hydroxylation sites is 1. The van der Waals surface area contributed by atoms with Crippen molar-refractivity contribution in [2.75, 3.05) is 0 Å². The normalized spacial score (nSPS) is 14.2. The maximum Gasteiger partial charge on any atom is 0.274 e. The third-order valence-corrected chi connectivity index (χ3v) is 4.00. The number of halogens is 2. The van der Waals surface area contributed by atoms with Crippen molar-refractivity contribution in [3.8, 4) is 17.2 Å². The second-order valence-electron chi connectivity index (χ2n) is 4.42. The molecule has 0 spiro atoms. The van der Waals surface area contributed by atoms with Gasteiger partial charge in [0.2, 0.25) is 0 Å². The molecule has 0 aliphatic carbocycles. The fourth-order valence-corrected chi connectivity index (χ4v) is 2.78. The highest BCUT2D eigenvalue weighted by Gasteiger charge is 2.20. The number of benzene rings is 2. The molecule has 1 unspecified atom stereocenters. The highest BCUT2D eigenvalue weighted by molar-refractivity contribution is 7.99. The van der Waals surface area contributed by atoms with Crippen LogP contribution in [-0.2, 0) is 0 Å². The predicted octanol–water partition coefficient (Wildman–Crippen LogP) is 4.98. The van der Waals surface area contributed by atoms with E-state index in [-0.39, 0.29) is 0 Å². The van der Waals surface area contributed by atoms with Crippen molar-refractivity contribution >= 4 is 11.8 Å². The Hall–Kier alpha value is -1.75. The molecule has 1 heterocycles. The summed E-state index contributed by atoms with van der Waals surface area (Å²) in [5.41, 5.74) is 0. The Kier molecular flexibility index (Phi) is 3.53. The van der Waals surface area contributed by atoms with E-state index in [1.165, 1.54) is 6.92 Å². The van der Waals surface area contributed by atoms with E-state index in [0.29, 0.717) is 11.5 Å². The Bertz CT molecular complexity index is 631. The van der Waals surface area contributed by atoms with Crippen molar-refractivity contribution in [3.63, 3.8) is 0 Å². The van der Waals surface area contributed by atoms with E-state index in [4.69, 9.17) is 9.47 Å². The highest BCUT2D eigenvalue weighted by atomic mass is 32.2. The number of alkyl halides is 2. The molecule has 0 fully saturated rings. The molecule has 1 aliphatic heterocycles. The lowest BCUT2D eigenvalue weighted by Crippen LogP contribution is -2.21. The molecule has 1 aliphatic rings. The predicted molar refractivity (Wildman–Crippen MR) is 73.2 cm³/mol. The minimum atomic E-state index is -2.51. The van der Waals surface area contributed by atoms with Gasteiger partial charge in [-0.1, -0.05) is 23.9 Å².